The number of benzene rings is 1. The fourth-order valence-electron chi connectivity index (χ4n) is 1.88. The molecule has 0 saturated carbocycles. The maximum atomic E-state index is 12.3. The third-order valence-corrected chi connectivity index (χ3v) is 3.13. The van der Waals surface area contributed by atoms with E-state index in [2.05, 4.69) is 9.97 Å². The summed E-state index contributed by atoms with van der Waals surface area (Å²) < 4.78 is 0. The van der Waals surface area contributed by atoms with Crippen molar-refractivity contribution in [3.63, 3.8) is 0 Å². The highest BCUT2D eigenvalue weighted by molar-refractivity contribution is 6.34. The van der Waals surface area contributed by atoms with Crippen molar-refractivity contribution in [3.05, 3.63) is 71.1 Å². The summed E-state index contributed by atoms with van der Waals surface area (Å²) in [4.78, 5) is 20.6. The molecule has 0 spiro atoms. The first kappa shape index (κ1) is 11.8. The molecule has 0 atom stereocenters. The Labute approximate surface area is 114 Å². The van der Waals surface area contributed by atoms with Crippen molar-refractivity contribution in [2.75, 3.05) is 0 Å². The molecule has 0 aliphatic rings. The van der Waals surface area contributed by atoms with Gasteiger partial charge in [-0.2, -0.15) is 0 Å². The van der Waals surface area contributed by atoms with Crippen LogP contribution in [0.5, 0.6) is 0 Å². The van der Waals surface area contributed by atoms with Gasteiger partial charge in [-0.05, 0) is 24.3 Å². The van der Waals surface area contributed by atoms with E-state index in [1.807, 2.05) is 24.3 Å². The molecule has 19 heavy (non-hydrogen) atoms. The van der Waals surface area contributed by atoms with Crippen molar-refractivity contribution in [1.82, 2.24) is 9.97 Å². The van der Waals surface area contributed by atoms with Crippen molar-refractivity contribution in [3.8, 4) is 0 Å². The van der Waals surface area contributed by atoms with Crippen LogP contribution >= 0.6 is 11.6 Å². The van der Waals surface area contributed by atoms with Crippen LogP contribution in [0, 0.1) is 0 Å². The summed E-state index contributed by atoms with van der Waals surface area (Å²) >= 11 is 5.98. The van der Waals surface area contributed by atoms with Crippen LogP contribution in [-0.4, -0.2) is 15.8 Å². The van der Waals surface area contributed by atoms with Crippen LogP contribution in [-0.2, 0) is 0 Å². The molecule has 0 aliphatic carbocycles. The van der Waals surface area contributed by atoms with Gasteiger partial charge >= 0.3 is 0 Å². The number of para-hydroxylation sites is 1. The van der Waals surface area contributed by atoms with E-state index in [4.69, 9.17) is 11.6 Å². The van der Waals surface area contributed by atoms with Gasteiger partial charge in [0.1, 0.15) is 5.69 Å². The van der Waals surface area contributed by atoms with Crippen LogP contribution in [0.2, 0.25) is 5.02 Å². The van der Waals surface area contributed by atoms with Gasteiger partial charge in [-0.25, -0.2) is 0 Å². The lowest BCUT2D eigenvalue weighted by molar-refractivity contribution is 0.103. The predicted molar refractivity (Wildman–Crippen MR) is 74.4 cm³/mol. The zero-order valence-corrected chi connectivity index (χ0v) is 10.6. The van der Waals surface area contributed by atoms with Gasteiger partial charge in [0.2, 0.25) is 5.78 Å². The van der Waals surface area contributed by atoms with E-state index in [1.165, 1.54) is 0 Å². The zero-order valence-electron chi connectivity index (χ0n) is 9.88. The Balaban J connectivity index is 2.09. The summed E-state index contributed by atoms with van der Waals surface area (Å²) in [5.74, 6) is -0.219. The minimum atomic E-state index is -0.219. The lowest BCUT2D eigenvalue weighted by atomic mass is 10.1. The van der Waals surface area contributed by atoms with E-state index in [-0.39, 0.29) is 11.5 Å². The van der Waals surface area contributed by atoms with Gasteiger partial charge in [0.25, 0.3) is 0 Å². The quantitative estimate of drug-likeness (QED) is 0.668. The fourth-order valence-corrected chi connectivity index (χ4v) is 2.09. The molecule has 0 unspecified atom stereocenters. The van der Waals surface area contributed by atoms with Crippen molar-refractivity contribution in [2.45, 2.75) is 0 Å². The van der Waals surface area contributed by atoms with Crippen LogP contribution in [0.15, 0.2) is 54.9 Å². The number of hydrogen-bond acceptors (Lipinski definition) is 3. The lowest BCUT2D eigenvalue weighted by Crippen LogP contribution is -2.05. The van der Waals surface area contributed by atoms with Gasteiger partial charge in [0.05, 0.1) is 10.5 Å². The first-order valence-corrected chi connectivity index (χ1v) is 6.13. The number of carbonyl (C=O) groups is 1. The third kappa shape index (κ3) is 2.20. The number of pyridine rings is 2. The average molecular weight is 269 g/mol. The molecule has 0 N–H and O–H groups in total. The number of fused-ring (bicyclic) bond motifs is 1. The Morgan fingerprint density at radius 2 is 1.89 bits per heavy atom. The van der Waals surface area contributed by atoms with Crippen LogP contribution in [0.25, 0.3) is 10.9 Å². The van der Waals surface area contributed by atoms with E-state index in [0.717, 1.165) is 10.9 Å². The van der Waals surface area contributed by atoms with Gasteiger partial charge in [-0.1, -0.05) is 29.8 Å². The number of carbonyl (C=O) groups excluding carboxylic acids is 1. The number of ketones is 1. The van der Waals surface area contributed by atoms with Crippen LogP contribution in [0.3, 0.4) is 0 Å². The molecular formula is C15H9ClN2O. The SMILES string of the molecule is O=C(c1cnc2ccccc2c1)c1ncccc1Cl. The fraction of sp³-hybridized carbons (Fsp3) is 0. The molecular weight excluding hydrogens is 260 g/mol. The Kier molecular flexibility index (Phi) is 2.97. The molecule has 0 bridgehead atoms. The standard InChI is InChI=1S/C15H9ClN2O/c16-12-5-3-7-17-14(12)15(19)11-8-10-4-1-2-6-13(10)18-9-11/h1-9H. The highest BCUT2D eigenvalue weighted by Crippen LogP contribution is 2.19. The largest absolute Gasteiger partial charge is 0.287 e. The number of hydrogen-bond donors (Lipinski definition) is 0. The maximum Gasteiger partial charge on any atom is 0.214 e. The Hall–Kier alpha value is -2.26. The lowest BCUT2D eigenvalue weighted by Gasteiger charge is -2.03. The molecule has 2 aromatic heterocycles. The van der Waals surface area contributed by atoms with Crippen molar-refractivity contribution in [1.29, 1.82) is 0 Å². The van der Waals surface area contributed by atoms with E-state index in [0.29, 0.717) is 10.6 Å². The summed E-state index contributed by atoms with van der Waals surface area (Å²) in [6.07, 6.45) is 3.10. The van der Waals surface area contributed by atoms with Crippen LogP contribution in [0.4, 0.5) is 0 Å². The Bertz CT molecular complexity index is 771. The normalized spacial score (nSPS) is 10.6. The van der Waals surface area contributed by atoms with E-state index >= 15 is 0 Å². The minimum absolute atomic E-state index is 0.219. The van der Waals surface area contributed by atoms with Crippen LogP contribution < -0.4 is 0 Å². The highest BCUT2D eigenvalue weighted by Gasteiger charge is 2.14. The van der Waals surface area contributed by atoms with Gasteiger partial charge in [0.15, 0.2) is 0 Å². The average Bonchev–Trinajstić information content (AvgIpc) is 2.46. The van der Waals surface area contributed by atoms with Crippen molar-refractivity contribution < 1.29 is 4.79 Å². The molecule has 3 nitrogen and oxygen atoms in total. The summed E-state index contributed by atoms with van der Waals surface area (Å²) in [7, 11) is 0. The van der Waals surface area contributed by atoms with Gasteiger partial charge < -0.3 is 0 Å². The first-order valence-electron chi connectivity index (χ1n) is 5.76. The van der Waals surface area contributed by atoms with Gasteiger partial charge in [0, 0.05) is 23.3 Å². The van der Waals surface area contributed by atoms with Crippen molar-refractivity contribution >= 4 is 28.3 Å². The van der Waals surface area contributed by atoms with Gasteiger partial charge in [-0.3, -0.25) is 14.8 Å². The molecule has 92 valence electrons. The third-order valence-electron chi connectivity index (χ3n) is 2.83. The van der Waals surface area contributed by atoms with E-state index in [1.54, 1.807) is 30.6 Å². The highest BCUT2D eigenvalue weighted by atomic mass is 35.5. The molecule has 3 aromatic rings. The van der Waals surface area contributed by atoms with E-state index in [9.17, 15) is 4.79 Å². The first-order chi connectivity index (χ1) is 9.25. The summed E-state index contributed by atoms with van der Waals surface area (Å²) in [6, 6.07) is 12.8. The number of aromatic nitrogens is 2. The molecule has 4 heteroatoms. The molecule has 3 rings (SSSR count). The topological polar surface area (TPSA) is 42.9 Å². The molecule has 1 aromatic carbocycles. The summed E-state index contributed by atoms with van der Waals surface area (Å²) in [6.45, 7) is 0. The molecule has 0 aliphatic heterocycles. The number of nitrogens with zero attached hydrogens (tertiary/aromatic N) is 2. The zero-order chi connectivity index (χ0) is 13.2. The second kappa shape index (κ2) is 4.78. The monoisotopic (exact) mass is 268 g/mol. The molecule has 2 heterocycles. The molecule has 0 saturated heterocycles. The summed E-state index contributed by atoms with van der Waals surface area (Å²) in [5, 5.41) is 1.26. The second-order valence-corrected chi connectivity index (χ2v) is 4.49. The Morgan fingerprint density at radius 3 is 2.74 bits per heavy atom. The number of halogens is 1. The van der Waals surface area contributed by atoms with Crippen molar-refractivity contribution in [2.24, 2.45) is 0 Å². The second-order valence-electron chi connectivity index (χ2n) is 4.08. The Morgan fingerprint density at radius 1 is 1.05 bits per heavy atom. The maximum absolute atomic E-state index is 12.3. The summed E-state index contributed by atoms with van der Waals surface area (Å²) in [5.41, 5.74) is 1.59. The minimum Gasteiger partial charge on any atom is -0.287 e. The number of rotatable bonds is 2. The molecule has 0 fully saturated rings. The van der Waals surface area contributed by atoms with Crippen LogP contribution in [0.1, 0.15) is 16.1 Å². The molecule has 0 radical (unpaired) electrons. The van der Waals surface area contributed by atoms with Gasteiger partial charge in [-0.15, -0.1) is 0 Å². The predicted octanol–water partition coefficient (Wildman–Crippen LogP) is 3.51. The van der Waals surface area contributed by atoms with E-state index < -0.39 is 0 Å². The molecule has 0 amide bonds. The smallest absolute Gasteiger partial charge is 0.214 e.